The van der Waals surface area contributed by atoms with E-state index in [1.54, 1.807) is 0 Å². The predicted molar refractivity (Wildman–Crippen MR) is 245 cm³/mol. The molecule has 0 rings (SSSR count). The van der Waals surface area contributed by atoms with Crippen molar-refractivity contribution < 1.29 is 24.5 Å². The van der Waals surface area contributed by atoms with Crippen molar-refractivity contribution >= 4 is 11.9 Å². The van der Waals surface area contributed by atoms with Gasteiger partial charge in [-0.1, -0.05) is 194 Å². The normalized spacial score (nSPS) is 14.4. The average Bonchev–Trinajstić information content (AvgIpc) is 3.20. The van der Waals surface area contributed by atoms with Gasteiger partial charge >= 0.3 is 5.97 Å². The zero-order valence-corrected chi connectivity index (χ0v) is 36.4. The van der Waals surface area contributed by atoms with Crippen molar-refractivity contribution in [3.63, 3.8) is 0 Å². The van der Waals surface area contributed by atoms with Crippen molar-refractivity contribution in [1.29, 1.82) is 0 Å². The molecule has 1 amide bonds. The number of nitrogens with one attached hydrogen (secondary N) is 1. The second-order valence-corrected chi connectivity index (χ2v) is 14.8. The summed E-state index contributed by atoms with van der Waals surface area (Å²) in [6.07, 6.45) is 58.7. The molecular formula is C51H83NO5. The van der Waals surface area contributed by atoms with E-state index < -0.39 is 18.2 Å². The molecule has 0 fully saturated rings. The Balaban J connectivity index is 4.81. The highest BCUT2D eigenvalue weighted by Gasteiger charge is 2.23. The zero-order chi connectivity index (χ0) is 41.7. The highest BCUT2D eigenvalue weighted by molar-refractivity contribution is 5.77. The Labute approximate surface area is 349 Å². The number of unbranched alkanes of at least 4 members (excludes halogenated alkanes) is 12. The fourth-order valence-electron chi connectivity index (χ4n) is 6.09. The first kappa shape index (κ1) is 53.5. The van der Waals surface area contributed by atoms with Crippen LogP contribution >= 0.6 is 0 Å². The number of rotatable bonds is 38. The first-order valence-corrected chi connectivity index (χ1v) is 22.7. The van der Waals surface area contributed by atoms with E-state index in [0.717, 1.165) is 89.9 Å². The van der Waals surface area contributed by atoms with Gasteiger partial charge < -0.3 is 20.3 Å². The predicted octanol–water partition coefficient (Wildman–Crippen LogP) is 13.2. The maximum Gasteiger partial charge on any atom is 0.306 e. The highest BCUT2D eigenvalue weighted by Crippen LogP contribution is 2.15. The molecule has 57 heavy (non-hydrogen) atoms. The summed E-state index contributed by atoms with van der Waals surface area (Å²) in [5.41, 5.74) is 0. The van der Waals surface area contributed by atoms with Gasteiger partial charge in [-0.2, -0.15) is 0 Å². The first-order chi connectivity index (χ1) is 28.0. The van der Waals surface area contributed by atoms with Crippen molar-refractivity contribution in [3.8, 4) is 0 Å². The summed E-state index contributed by atoms with van der Waals surface area (Å²) in [4.78, 5) is 26.0. The molecule has 0 aliphatic rings. The van der Waals surface area contributed by atoms with E-state index >= 15 is 0 Å². The number of hydrogen-bond acceptors (Lipinski definition) is 5. The number of carbonyl (C=O) groups is 2. The third-order valence-corrected chi connectivity index (χ3v) is 9.48. The van der Waals surface area contributed by atoms with Gasteiger partial charge in [-0.05, 0) is 77.0 Å². The lowest BCUT2D eigenvalue weighted by atomic mass is 10.0. The number of aliphatic hydroxyl groups excluding tert-OH is 2. The number of ether oxygens (including phenoxy) is 1. The summed E-state index contributed by atoms with van der Waals surface area (Å²) in [6, 6.07) is -0.736. The lowest BCUT2D eigenvalue weighted by molar-refractivity contribution is -0.151. The smallest absolute Gasteiger partial charge is 0.306 e. The van der Waals surface area contributed by atoms with E-state index in [1.165, 1.54) is 38.5 Å². The minimum atomic E-state index is -0.817. The Kier molecular flexibility index (Phi) is 41.0. The summed E-state index contributed by atoms with van der Waals surface area (Å²) in [5, 5.41) is 23.5. The molecule has 0 saturated carbocycles. The Morgan fingerprint density at radius 2 is 1.05 bits per heavy atom. The molecule has 6 heteroatoms. The van der Waals surface area contributed by atoms with Gasteiger partial charge in [0.05, 0.1) is 25.2 Å². The maximum absolute atomic E-state index is 13.1. The van der Waals surface area contributed by atoms with E-state index in [1.807, 2.05) is 48.6 Å². The number of hydrogen-bond donors (Lipinski definition) is 3. The summed E-state index contributed by atoms with van der Waals surface area (Å²) in [6.45, 7) is 6.14. The van der Waals surface area contributed by atoms with E-state index in [-0.39, 0.29) is 24.9 Å². The molecule has 3 unspecified atom stereocenters. The van der Waals surface area contributed by atoms with Crippen LogP contribution in [-0.4, -0.2) is 46.9 Å². The van der Waals surface area contributed by atoms with Gasteiger partial charge in [0.15, 0.2) is 0 Å². The Morgan fingerprint density at radius 1 is 0.544 bits per heavy atom. The average molecular weight is 790 g/mol. The molecule has 0 spiro atoms. The Hall–Kier alpha value is -3.48. The fraction of sp³-hybridized carbons (Fsp3) is 0.608. The molecule has 322 valence electrons. The molecule has 0 heterocycles. The maximum atomic E-state index is 13.1. The van der Waals surface area contributed by atoms with Crippen LogP contribution in [0.5, 0.6) is 0 Å². The molecule has 0 aromatic rings. The quantitative estimate of drug-likeness (QED) is 0.0251. The van der Waals surface area contributed by atoms with Gasteiger partial charge in [-0.25, -0.2) is 0 Å². The molecule has 0 aromatic heterocycles. The highest BCUT2D eigenvalue weighted by atomic mass is 16.5. The molecular weight excluding hydrogens is 707 g/mol. The van der Waals surface area contributed by atoms with Gasteiger partial charge in [0.2, 0.25) is 5.91 Å². The Bertz CT molecular complexity index is 1200. The molecule has 6 nitrogen and oxygen atoms in total. The van der Waals surface area contributed by atoms with Crippen LogP contribution in [0.3, 0.4) is 0 Å². The van der Waals surface area contributed by atoms with Crippen LogP contribution in [0.15, 0.2) is 109 Å². The van der Waals surface area contributed by atoms with Gasteiger partial charge in [0, 0.05) is 6.42 Å². The van der Waals surface area contributed by atoms with E-state index in [4.69, 9.17) is 4.74 Å². The van der Waals surface area contributed by atoms with Crippen LogP contribution in [0.2, 0.25) is 0 Å². The fourth-order valence-corrected chi connectivity index (χ4v) is 6.09. The summed E-state index contributed by atoms with van der Waals surface area (Å²) < 4.78 is 5.85. The number of aliphatic hydroxyl groups is 2. The molecule has 0 aliphatic carbocycles. The number of allylic oxidation sites excluding steroid dienone is 18. The lowest BCUT2D eigenvalue weighted by Crippen LogP contribution is -2.46. The van der Waals surface area contributed by atoms with Crippen LogP contribution in [0.1, 0.15) is 175 Å². The Morgan fingerprint density at radius 3 is 1.65 bits per heavy atom. The lowest BCUT2D eigenvalue weighted by Gasteiger charge is -2.24. The first-order valence-electron chi connectivity index (χ1n) is 22.7. The number of esters is 1. The minimum Gasteiger partial charge on any atom is -0.462 e. The number of carbonyl (C=O) groups excluding carboxylic acids is 2. The third-order valence-electron chi connectivity index (χ3n) is 9.48. The number of amides is 1. The largest absolute Gasteiger partial charge is 0.462 e. The van der Waals surface area contributed by atoms with Crippen LogP contribution in [0.4, 0.5) is 0 Å². The van der Waals surface area contributed by atoms with E-state index in [2.05, 4.69) is 86.8 Å². The van der Waals surface area contributed by atoms with Crippen LogP contribution < -0.4 is 5.32 Å². The monoisotopic (exact) mass is 790 g/mol. The van der Waals surface area contributed by atoms with Crippen molar-refractivity contribution in [3.05, 3.63) is 109 Å². The molecule has 0 radical (unpaired) electrons. The van der Waals surface area contributed by atoms with Crippen molar-refractivity contribution in [2.75, 3.05) is 6.61 Å². The van der Waals surface area contributed by atoms with E-state index in [9.17, 15) is 19.8 Å². The van der Waals surface area contributed by atoms with Gasteiger partial charge in [0.25, 0.3) is 0 Å². The standard InChI is InChI=1S/C51H83NO5/c1-4-7-10-13-16-19-21-23-24-25-27-29-32-35-38-41-44-51(56)57-47(42-39-36-33-31-28-26-22-20-17-14-11-8-5-2)45-50(55)52-48(46-53)49(54)43-40-37-34-30-18-15-12-9-6-3/h7-8,10-11,14,16-17,19-20,22-24,26-29,31,33,47-49,53-54H,4-6,9,12-13,15,18,21,25,30,32,34-46H2,1-3H3,(H,52,55)/b10-7+,11-8+,17-14+,19-16+,22-20-,24-23+,28-26-,29-27+,33-31+. The van der Waals surface area contributed by atoms with Crippen molar-refractivity contribution in [1.82, 2.24) is 5.32 Å². The van der Waals surface area contributed by atoms with Crippen LogP contribution in [0, 0.1) is 0 Å². The van der Waals surface area contributed by atoms with Crippen molar-refractivity contribution in [2.45, 2.75) is 193 Å². The third kappa shape index (κ3) is 39.1. The zero-order valence-electron chi connectivity index (χ0n) is 36.4. The second-order valence-electron chi connectivity index (χ2n) is 14.8. The topological polar surface area (TPSA) is 95.9 Å². The molecule has 0 saturated heterocycles. The van der Waals surface area contributed by atoms with Crippen LogP contribution in [-0.2, 0) is 14.3 Å². The minimum absolute atomic E-state index is 0.00813. The summed E-state index contributed by atoms with van der Waals surface area (Å²) in [5.74, 6) is -0.599. The summed E-state index contributed by atoms with van der Waals surface area (Å²) in [7, 11) is 0. The SMILES string of the molecule is CC/C=C/C=C/C=C\C=C/C=C/CCCC(CC(=O)NC(CO)C(O)CCCCCCCCCCC)OC(=O)CCCCC/C=C/C/C=C/C/C=C/C/C=C/CC. The van der Waals surface area contributed by atoms with Gasteiger partial charge in [-0.15, -0.1) is 0 Å². The molecule has 0 bridgehead atoms. The van der Waals surface area contributed by atoms with Crippen LogP contribution in [0.25, 0.3) is 0 Å². The van der Waals surface area contributed by atoms with Gasteiger partial charge in [-0.3, -0.25) is 9.59 Å². The molecule has 0 aliphatic heterocycles. The summed E-state index contributed by atoms with van der Waals surface area (Å²) >= 11 is 0. The van der Waals surface area contributed by atoms with Crippen molar-refractivity contribution in [2.24, 2.45) is 0 Å². The van der Waals surface area contributed by atoms with Gasteiger partial charge in [0.1, 0.15) is 6.10 Å². The molecule has 3 N–H and O–H groups in total. The second kappa shape index (κ2) is 43.6. The molecule has 3 atom stereocenters. The molecule has 0 aromatic carbocycles. The van der Waals surface area contributed by atoms with E-state index in [0.29, 0.717) is 19.3 Å².